The molecule has 0 saturated carbocycles. The molecule has 2 heterocycles. The van der Waals surface area contributed by atoms with Gasteiger partial charge in [0.2, 0.25) is 0 Å². The second kappa shape index (κ2) is 6.75. The van der Waals surface area contributed by atoms with Gasteiger partial charge in [0.1, 0.15) is 5.76 Å². The smallest absolute Gasteiger partial charge is 0.289 e. The van der Waals surface area contributed by atoms with Gasteiger partial charge in [-0.1, -0.05) is 13.3 Å². The zero-order chi connectivity index (χ0) is 13.7. The lowest BCUT2D eigenvalue weighted by Gasteiger charge is -2.30. The molecular weight excluding hydrogens is 240 g/mol. The maximum Gasteiger partial charge on any atom is 0.289 e. The topological polar surface area (TPSA) is 45.5 Å². The maximum absolute atomic E-state index is 12.4. The van der Waals surface area contributed by atoms with Gasteiger partial charge in [-0.15, -0.1) is 0 Å². The van der Waals surface area contributed by atoms with Crippen LogP contribution in [0.15, 0.2) is 16.5 Å². The molecule has 0 aromatic carbocycles. The van der Waals surface area contributed by atoms with Gasteiger partial charge >= 0.3 is 0 Å². The van der Waals surface area contributed by atoms with E-state index in [1.165, 1.54) is 12.8 Å². The van der Waals surface area contributed by atoms with Gasteiger partial charge < -0.3 is 14.6 Å². The normalized spacial score (nSPS) is 19.4. The first-order valence-electron chi connectivity index (χ1n) is 7.29. The van der Waals surface area contributed by atoms with Crippen molar-refractivity contribution in [2.45, 2.75) is 45.6 Å². The van der Waals surface area contributed by atoms with Gasteiger partial charge in [-0.3, -0.25) is 4.79 Å². The molecule has 0 radical (unpaired) electrons. The van der Waals surface area contributed by atoms with Crippen LogP contribution in [0.25, 0.3) is 0 Å². The van der Waals surface area contributed by atoms with Gasteiger partial charge in [0.05, 0.1) is 0 Å². The first kappa shape index (κ1) is 14.1. The summed E-state index contributed by atoms with van der Waals surface area (Å²) in [7, 11) is 0. The minimum atomic E-state index is 0.0160. The number of aryl methyl sites for hydroxylation is 1. The molecule has 0 spiro atoms. The Balaban J connectivity index is 1.99. The van der Waals surface area contributed by atoms with Crippen LogP contribution < -0.4 is 5.32 Å². The molecule has 1 unspecified atom stereocenters. The van der Waals surface area contributed by atoms with E-state index in [1.54, 1.807) is 6.07 Å². The predicted molar refractivity (Wildman–Crippen MR) is 75.3 cm³/mol. The number of furan rings is 1. The lowest BCUT2D eigenvalue weighted by molar-refractivity contribution is 0.0698. The van der Waals surface area contributed by atoms with E-state index in [0.29, 0.717) is 11.8 Å². The molecule has 0 aliphatic carbocycles. The van der Waals surface area contributed by atoms with Gasteiger partial charge in [0.25, 0.3) is 5.91 Å². The van der Waals surface area contributed by atoms with E-state index < -0.39 is 0 Å². The lowest BCUT2D eigenvalue weighted by atomic mass is 10.0. The highest BCUT2D eigenvalue weighted by Crippen LogP contribution is 2.13. The van der Waals surface area contributed by atoms with E-state index in [9.17, 15) is 4.79 Å². The Morgan fingerprint density at radius 2 is 2.32 bits per heavy atom. The van der Waals surface area contributed by atoms with Gasteiger partial charge in [-0.2, -0.15) is 0 Å². The van der Waals surface area contributed by atoms with Crippen LogP contribution in [-0.4, -0.2) is 36.5 Å². The Morgan fingerprint density at radius 1 is 1.47 bits per heavy atom. The van der Waals surface area contributed by atoms with Crippen molar-refractivity contribution in [1.82, 2.24) is 10.2 Å². The van der Waals surface area contributed by atoms with Crippen LogP contribution in [0.3, 0.4) is 0 Å². The first-order chi connectivity index (χ1) is 9.20. The summed E-state index contributed by atoms with van der Waals surface area (Å²) in [5, 5.41) is 3.50. The molecular formula is C15H24N2O2. The van der Waals surface area contributed by atoms with Gasteiger partial charge in [-0.05, 0) is 44.9 Å². The summed E-state index contributed by atoms with van der Waals surface area (Å²) >= 11 is 0. The summed E-state index contributed by atoms with van der Waals surface area (Å²) in [6.07, 6.45) is 4.63. The van der Waals surface area contributed by atoms with Crippen LogP contribution in [0.1, 0.15) is 48.9 Å². The number of nitrogens with one attached hydrogen (secondary N) is 1. The average Bonchev–Trinajstić information content (AvgIpc) is 2.85. The third kappa shape index (κ3) is 3.83. The highest BCUT2D eigenvalue weighted by Gasteiger charge is 2.22. The number of carbonyl (C=O) groups is 1. The molecule has 1 fully saturated rings. The number of piperidine rings is 1. The lowest BCUT2D eigenvalue weighted by Crippen LogP contribution is -2.46. The Bertz CT molecular complexity index is 408. The van der Waals surface area contributed by atoms with Gasteiger partial charge in [0, 0.05) is 19.1 Å². The first-order valence-corrected chi connectivity index (χ1v) is 7.29. The second-order valence-corrected chi connectivity index (χ2v) is 5.31. The SMILES string of the molecule is CCCN(CC1CCCCN1)C(=O)c1ccc(C)o1. The Labute approximate surface area is 115 Å². The van der Waals surface area contributed by atoms with Crippen molar-refractivity contribution in [2.75, 3.05) is 19.6 Å². The zero-order valence-electron chi connectivity index (χ0n) is 11.9. The van der Waals surface area contributed by atoms with E-state index in [2.05, 4.69) is 12.2 Å². The minimum Gasteiger partial charge on any atom is -0.456 e. The van der Waals surface area contributed by atoms with Crippen LogP contribution in [-0.2, 0) is 0 Å². The van der Waals surface area contributed by atoms with Crippen molar-refractivity contribution in [1.29, 1.82) is 0 Å². The molecule has 1 N–H and O–H groups in total. The number of rotatable bonds is 5. The summed E-state index contributed by atoms with van der Waals surface area (Å²) in [5.74, 6) is 1.26. The fourth-order valence-corrected chi connectivity index (χ4v) is 2.60. The molecule has 1 aliphatic heterocycles. The molecule has 1 amide bonds. The summed E-state index contributed by atoms with van der Waals surface area (Å²) in [5.41, 5.74) is 0. The fourth-order valence-electron chi connectivity index (χ4n) is 2.60. The number of hydrogen-bond acceptors (Lipinski definition) is 3. The molecule has 1 aromatic rings. The Hall–Kier alpha value is -1.29. The molecule has 1 aliphatic rings. The number of nitrogens with zero attached hydrogens (tertiary/aromatic N) is 1. The van der Waals surface area contributed by atoms with Crippen molar-refractivity contribution in [3.8, 4) is 0 Å². The summed E-state index contributed by atoms with van der Waals surface area (Å²) in [4.78, 5) is 14.3. The standard InChI is InChI=1S/C15H24N2O2/c1-3-10-17(11-13-6-4-5-9-16-13)15(18)14-8-7-12(2)19-14/h7-8,13,16H,3-6,9-11H2,1-2H3. The molecule has 1 saturated heterocycles. The quantitative estimate of drug-likeness (QED) is 0.889. The fraction of sp³-hybridized carbons (Fsp3) is 0.667. The number of carbonyl (C=O) groups excluding carboxylic acids is 1. The largest absolute Gasteiger partial charge is 0.456 e. The van der Waals surface area contributed by atoms with Crippen molar-refractivity contribution >= 4 is 5.91 Å². The van der Waals surface area contributed by atoms with Crippen molar-refractivity contribution in [2.24, 2.45) is 0 Å². The number of amides is 1. The second-order valence-electron chi connectivity index (χ2n) is 5.31. The predicted octanol–water partition coefficient (Wildman–Crippen LogP) is 2.58. The molecule has 0 bridgehead atoms. The number of hydrogen-bond donors (Lipinski definition) is 1. The van der Waals surface area contributed by atoms with Crippen LogP contribution >= 0.6 is 0 Å². The molecule has 1 atom stereocenters. The molecule has 4 nitrogen and oxygen atoms in total. The molecule has 2 rings (SSSR count). The zero-order valence-corrected chi connectivity index (χ0v) is 11.9. The third-order valence-electron chi connectivity index (χ3n) is 3.59. The minimum absolute atomic E-state index is 0.0160. The molecule has 19 heavy (non-hydrogen) atoms. The molecule has 4 heteroatoms. The molecule has 106 valence electrons. The molecule has 1 aromatic heterocycles. The van der Waals surface area contributed by atoms with Crippen molar-refractivity contribution < 1.29 is 9.21 Å². The Kier molecular flexibility index (Phi) is 5.02. The van der Waals surface area contributed by atoms with E-state index in [0.717, 1.165) is 38.2 Å². The van der Waals surface area contributed by atoms with Crippen LogP contribution in [0, 0.1) is 6.92 Å². The summed E-state index contributed by atoms with van der Waals surface area (Å²) in [6.45, 7) is 6.60. The maximum atomic E-state index is 12.4. The van der Waals surface area contributed by atoms with E-state index in [4.69, 9.17) is 4.42 Å². The van der Waals surface area contributed by atoms with Gasteiger partial charge in [0.15, 0.2) is 5.76 Å². The van der Waals surface area contributed by atoms with E-state index in [-0.39, 0.29) is 5.91 Å². The Morgan fingerprint density at radius 3 is 2.89 bits per heavy atom. The van der Waals surface area contributed by atoms with Crippen molar-refractivity contribution in [3.05, 3.63) is 23.7 Å². The summed E-state index contributed by atoms with van der Waals surface area (Å²) < 4.78 is 5.45. The van der Waals surface area contributed by atoms with E-state index in [1.807, 2.05) is 17.9 Å². The van der Waals surface area contributed by atoms with Crippen LogP contribution in [0.4, 0.5) is 0 Å². The monoisotopic (exact) mass is 264 g/mol. The van der Waals surface area contributed by atoms with Crippen LogP contribution in [0.2, 0.25) is 0 Å². The highest BCUT2D eigenvalue weighted by atomic mass is 16.3. The van der Waals surface area contributed by atoms with Gasteiger partial charge in [-0.25, -0.2) is 0 Å². The highest BCUT2D eigenvalue weighted by molar-refractivity contribution is 5.91. The van der Waals surface area contributed by atoms with Crippen LogP contribution in [0.5, 0.6) is 0 Å². The summed E-state index contributed by atoms with van der Waals surface area (Å²) in [6, 6.07) is 4.05. The van der Waals surface area contributed by atoms with Crippen molar-refractivity contribution in [3.63, 3.8) is 0 Å². The third-order valence-corrected chi connectivity index (χ3v) is 3.59. The average molecular weight is 264 g/mol. The van der Waals surface area contributed by atoms with E-state index >= 15 is 0 Å².